The molecule has 1 aromatic heterocycles. The Balaban J connectivity index is 1.41. The number of benzene rings is 4. The molecule has 2 aliphatic heterocycles. The predicted molar refractivity (Wildman–Crippen MR) is 187 cm³/mol. The van der Waals surface area contributed by atoms with Crippen LogP contribution in [0.5, 0.6) is 0 Å². The van der Waals surface area contributed by atoms with Crippen LogP contribution >= 0.6 is 22.9 Å². The van der Waals surface area contributed by atoms with Gasteiger partial charge in [-0.25, -0.2) is 4.99 Å². The Kier molecular flexibility index (Phi) is 7.99. The summed E-state index contributed by atoms with van der Waals surface area (Å²) in [6.45, 7) is 6.28. The third kappa shape index (κ3) is 5.43. The molecular weight excluding hydrogens is 628 g/mol. The number of thiazole rings is 1. The third-order valence-electron chi connectivity index (χ3n) is 8.63. The van der Waals surface area contributed by atoms with Crippen LogP contribution in [0, 0.1) is 0 Å². The van der Waals surface area contributed by atoms with Crippen LogP contribution in [0.1, 0.15) is 55.0 Å². The molecule has 0 saturated carbocycles. The molecular formula is C38H31ClN4O3S. The molecule has 47 heavy (non-hydrogen) atoms. The molecule has 7 rings (SSSR count). The Labute approximate surface area is 280 Å². The average molecular weight is 659 g/mol. The number of allylic oxidation sites excluding steroid dienone is 1. The maximum atomic E-state index is 14.6. The van der Waals surface area contributed by atoms with Crippen molar-refractivity contribution in [3.8, 4) is 0 Å². The molecule has 0 fully saturated rings. The van der Waals surface area contributed by atoms with Gasteiger partial charge in [0.05, 0.1) is 35.1 Å². The quantitative estimate of drug-likeness (QED) is 0.224. The highest BCUT2D eigenvalue weighted by molar-refractivity contribution is 7.07. The van der Waals surface area contributed by atoms with Crippen LogP contribution in [0.25, 0.3) is 5.57 Å². The maximum absolute atomic E-state index is 14.6. The number of para-hydroxylation sites is 2. The lowest BCUT2D eigenvalue weighted by molar-refractivity contribution is -0.114. The first-order valence-corrected chi connectivity index (χ1v) is 16.6. The number of hydrogen-bond acceptors (Lipinski definition) is 5. The summed E-state index contributed by atoms with van der Waals surface area (Å²) < 4.78 is 1.85. The second-order valence-electron chi connectivity index (χ2n) is 11.9. The molecule has 0 radical (unpaired) electrons. The molecule has 0 saturated heterocycles. The number of nitrogens with one attached hydrogen (secondary N) is 1. The normalized spacial score (nSPS) is 16.7. The Hall–Kier alpha value is -5.05. The number of rotatable bonds is 6. The first-order chi connectivity index (χ1) is 22.7. The number of hydrogen-bond donors (Lipinski definition) is 1. The largest absolute Gasteiger partial charge is 0.322 e. The molecule has 4 aromatic carbocycles. The fourth-order valence-electron chi connectivity index (χ4n) is 6.21. The van der Waals surface area contributed by atoms with Crippen LogP contribution in [-0.4, -0.2) is 16.4 Å². The Bertz CT molecular complexity index is 2270. The number of carbonyl (C=O) groups excluding carboxylic acids is 2. The summed E-state index contributed by atoms with van der Waals surface area (Å²) in [6, 6.07) is 31.3. The van der Waals surface area contributed by atoms with E-state index < -0.39 is 6.04 Å². The van der Waals surface area contributed by atoms with Crippen LogP contribution in [0.15, 0.2) is 124 Å². The van der Waals surface area contributed by atoms with E-state index in [0.717, 1.165) is 16.7 Å². The van der Waals surface area contributed by atoms with Crippen molar-refractivity contribution in [2.75, 3.05) is 10.2 Å². The minimum atomic E-state index is -0.753. The zero-order valence-electron chi connectivity index (χ0n) is 26.0. The van der Waals surface area contributed by atoms with Gasteiger partial charge in [-0.2, -0.15) is 0 Å². The standard InChI is InChI=1S/C38H31ClN4O3S/c1-22(2)24-17-19-25(20-18-24)33-31(35(44)41-27-12-5-4-6-13-27)23(3)40-38-43(33)37(46)34(47-38)32-28-14-8-10-16-30(28)42(36(32)45)21-26-11-7-9-15-29(26)39/h4-20,22,33H,21H2,1-3H3,(H,41,44)/b34-32+/t33-/m0/s1. The van der Waals surface area contributed by atoms with Gasteiger partial charge >= 0.3 is 0 Å². The minimum absolute atomic E-state index is 0.255. The molecule has 234 valence electrons. The number of nitrogens with zero attached hydrogens (tertiary/aromatic N) is 3. The lowest BCUT2D eigenvalue weighted by Gasteiger charge is -2.25. The topological polar surface area (TPSA) is 83.8 Å². The summed E-state index contributed by atoms with van der Waals surface area (Å²) in [5.41, 5.74) is 5.56. The first kappa shape index (κ1) is 30.6. The number of carbonyl (C=O) groups is 2. The van der Waals surface area contributed by atoms with E-state index in [2.05, 4.69) is 19.2 Å². The van der Waals surface area contributed by atoms with E-state index in [-0.39, 0.29) is 28.5 Å². The monoisotopic (exact) mass is 658 g/mol. The maximum Gasteiger partial charge on any atom is 0.271 e. The van der Waals surface area contributed by atoms with Gasteiger partial charge in [0.15, 0.2) is 4.80 Å². The van der Waals surface area contributed by atoms with Crippen molar-refractivity contribution in [3.63, 3.8) is 0 Å². The van der Waals surface area contributed by atoms with E-state index >= 15 is 0 Å². The third-order valence-corrected chi connectivity index (χ3v) is 10.1. The van der Waals surface area contributed by atoms with Crippen LogP contribution in [-0.2, 0) is 16.1 Å². The van der Waals surface area contributed by atoms with Crippen molar-refractivity contribution >= 4 is 51.7 Å². The highest BCUT2D eigenvalue weighted by Crippen LogP contribution is 2.37. The molecule has 9 heteroatoms. The number of aromatic nitrogens is 1. The zero-order chi connectivity index (χ0) is 32.8. The average Bonchev–Trinajstić information content (AvgIpc) is 3.53. The van der Waals surface area contributed by atoms with Crippen LogP contribution < -0.4 is 25.1 Å². The SMILES string of the molecule is CC1=C(C(=O)Nc2ccccc2)[C@H](c2ccc(C(C)C)cc2)n2c(s/c(=C3/C(=O)N(Cc4ccccc4Cl)c4ccccc43)c2=O)=N1. The van der Waals surface area contributed by atoms with Crippen LogP contribution in [0.3, 0.4) is 0 Å². The van der Waals surface area contributed by atoms with Gasteiger partial charge in [0.25, 0.3) is 17.4 Å². The fourth-order valence-corrected chi connectivity index (χ4v) is 7.55. The van der Waals surface area contributed by atoms with Gasteiger partial charge in [-0.15, -0.1) is 0 Å². The summed E-state index contributed by atoms with van der Waals surface area (Å²) in [4.78, 5) is 49.7. The van der Waals surface area contributed by atoms with Gasteiger partial charge in [0.1, 0.15) is 4.53 Å². The summed E-state index contributed by atoms with van der Waals surface area (Å²) in [5.74, 6) is -0.318. The summed E-state index contributed by atoms with van der Waals surface area (Å²) in [5, 5.41) is 3.55. The van der Waals surface area contributed by atoms with Gasteiger partial charge in [-0.1, -0.05) is 116 Å². The Morgan fingerprint density at radius 1 is 0.915 bits per heavy atom. The summed E-state index contributed by atoms with van der Waals surface area (Å²) in [7, 11) is 0. The molecule has 2 amide bonds. The lowest BCUT2D eigenvalue weighted by atomic mass is 9.93. The molecule has 2 aliphatic rings. The van der Waals surface area contributed by atoms with Crippen molar-refractivity contribution in [3.05, 3.63) is 161 Å². The van der Waals surface area contributed by atoms with Crippen molar-refractivity contribution in [2.45, 2.75) is 39.3 Å². The van der Waals surface area contributed by atoms with Gasteiger partial charge in [-0.05, 0) is 53.8 Å². The van der Waals surface area contributed by atoms with Crippen LogP contribution in [0.4, 0.5) is 11.4 Å². The van der Waals surface area contributed by atoms with Crippen LogP contribution in [0.2, 0.25) is 5.02 Å². The number of halogens is 1. The molecule has 0 bridgehead atoms. The zero-order valence-corrected chi connectivity index (χ0v) is 27.6. The van der Waals surface area contributed by atoms with Crippen molar-refractivity contribution in [2.24, 2.45) is 4.99 Å². The molecule has 0 spiro atoms. The second-order valence-corrected chi connectivity index (χ2v) is 13.3. The molecule has 5 aromatic rings. The van der Waals surface area contributed by atoms with Crippen molar-refractivity contribution in [1.82, 2.24) is 4.57 Å². The van der Waals surface area contributed by atoms with E-state index in [1.807, 2.05) is 97.1 Å². The predicted octanol–water partition coefficient (Wildman–Crippen LogP) is 6.57. The van der Waals surface area contributed by atoms with E-state index in [4.69, 9.17) is 16.6 Å². The van der Waals surface area contributed by atoms with Gasteiger partial charge < -0.3 is 10.2 Å². The molecule has 3 heterocycles. The summed E-state index contributed by atoms with van der Waals surface area (Å²) in [6.07, 6.45) is 0. The van der Waals surface area contributed by atoms with E-state index in [9.17, 15) is 14.4 Å². The smallest absolute Gasteiger partial charge is 0.271 e. The lowest BCUT2D eigenvalue weighted by Crippen LogP contribution is -2.41. The van der Waals surface area contributed by atoms with E-state index in [0.29, 0.717) is 49.5 Å². The minimum Gasteiger partial charge on any atom is -0.322 e. The molecule has 1 N–H and O–H groups in total. The van der Waals surface area contributed by atoms with E-state index in [1.165, 1.54) is 11.3 Å². The molecule has 0 unspecified atom stereocenters. The summed E-state index contributed by atoms with van der Waals surface area (Å²) >= 11 is 7.66. The second kappa shape index (κ2) is 12.3. The Morgan fingerprint density at radius 3 is 2.32 bits per heavy atom. The highest BCUT2D eigenvalue weighted by atomic mass is 35.5. The van der Waals surface area contributed by atoms with Crippen molar-refractivity contribution < 1.29 is 9.59 Å². The highest BCUT2D eigenvalue weighted by Gasteiger charge is 2.37. The molecule has 7 nitrogen and oxygen atoms in total. The van der Waals surface area contributed by atoms with Gasteiger partial charge in [0.2, 0.25) is 0 Å². The number of anilines is 2. The molecule has 0 aliphatic carbocycles. The number of fused-ring (bicyclic) bond motifs is 2. The van der Waals surface area contributed by atoms with E-state index in [1.54, 1.807) is 22.5 Å². The molecule has 1 atom stereocenters. The number of amides is 2. The van der Waals surface area contributed by atoms with Gasteiger partial charge in [-0.3, -0.25) is 19.0 Å². The van der Waals surface area contributed by atoms with Gasteiger partial charge in [0, 0.05) is 16.3 Å². The van der Waals surface area contributed by atoms with Crippen molar-refractivity contribution in [1.29, 1.82) is 0 Å². The fraction of sp³-hybridized carbons (Fsp3) is 0.158. The Morgan fingerprint density at radius 2 is 1.60 bits per heavy atom. The first-order valence-electron chi connectivity index (χ1n) is 15.4.